The van der Waals surface area contributed by atoms with Crippen LogP contribution in [0.4, 0.5) is 0 Å². The third-order valence-electron chi connectivity index (χ3n) is 2.28. The molecule has 0 spiro atoms. The second-order valence-electron chi connectivity index (χ2n) is 4.17. The maximum atomic E-state index is 11.0. The Kier molecular flexibility index (Phi) is 6.54. The van der Waals surface area contributed by atoms with Gasteiger partial charge in [0.1, 0.15) is 0 Å². The zero-order valence-corrected chi connectivity index (χ0v) is 12.4. The summed E-state index contributed by atoms with van der Waals surface area (Å²) in [4.78, 5) is 11.9. The van der Waals surface area contributed by atoms with E-state index in [0.29, 0.717) is 11.1 Å². The highest BCUT2D eigenvalue weighted by Gasteiger charge is 2.06. The molecular formula is C13H18ClNO2S. The number of carbonyl (C=O) groups is 1. The summed E-state index contributed by atoms with van der Waals surface area (Å²) in [7, 11) is 1.38. The number of carbonyl (C=O) groups excluding carboxylic acids is 1. The Hall–Kier alpha value is -0.710. The van der Waals surface area contributed by atoms with Gasteiger partial charge in [-0.1, -0.05) is 31.5 Å². The molecule has 1 N–H and O–H groups in total. The molecule has 18 heavy (non-hydrogen) atoms. The van der Waals surface area contributed by atoms with Gasteiger partial charge in [-0.15, -0.1) is 11.8 Å². The molecule has 0 atom stereocenters. The summed E-state index contributed by atoms with van der Waals surface area (Å²) in [6, 6.07) is 6.32. The molecule has 5 heteroatoms. The second kappa shape index (κ2) is 7.67. The minimum absolute atomic E-state index is 0.249. The van der Waals surface area contributed by atoms with Gasteiger partial charge in [-0.2, -0.15) is 0 Å². The van der Waals surface area contributed by atoms with E-state index in [0.717, 1.165) is 17.0 Å². The van der Waals surface area contributed by atoms with Crippen LogP contribution in [0.5, 0.6) is 0 Å². The van der Waals surface area contributed by atoms with Gasteiger partial charge in [-0.25, -0.2) is 0 Å². The first-order chi connectivity index (χ1) is 8.52. The van der Waals surface area contributed by atoms with E-state index >= 15 is 0 Å². The van der Waals surface area contributed by atoms with Gasteiger partial charge < -0.3 is 10.1 Å². The summed E-state index contributed by atoms with van der Waals surface area (Å²) in [5.74, 6) is 0.0291. The average molecular weight is 288 g/mol. The number of benzene rings is 1. The SMILES string of the molecule is COC(=O)CSc1ccc(CNC(C)C)cc1Cl. The van der Waals surface area contributed by atoms with E-state index in [-0.39, 0.29) is 11.7 Å². The molecular weight excluding hydrogens is 270 g/mol. The zero-order chi connectivity index (χ0) is 13.5. The summed E-state index contributed by atoms with van der Waals surface area (Å²) in [6.07, 6.45) is 0. The second-order valence-corrected chi connectivity index (χ2v) is 5.59. The topological polar surface area (TPSA) is 38.3 Å². The molecule has 1 aromatic carbocycles. The molecule has 0 aliphatic rings. The summed E-state index contributed by atoms with van der Waals surface area (Å²) < 4.78 is 4.59. The zero-order valence-electron chi connectivity index (χ0n) is 10.8. The van der Waals surface area contributed by atoms with E-state index in [2.05, 4.69) is 23.9 Å². The fourth-order valence-electron chi connectivity index (χ4n) is 1.29. The lowest BCUT2D eigenvalue weighted by atomic mass is 10.2. The molecule has 0 radical (unpaired) electrons. The summed E-state index contributed by atoms with van der Waals surface area (Å²) in [6.45, 7) is 4.99. The number of rotatable bonds is 6. The van der Waals surface area contributed by atoms with E-state index in [9.17, 15) is 4.79 Å². The van der Waals surface area contributed by atoms with Crippen LogP contribution < -0.4 is 5.32 Å². The fourth-order valence-corrected chi connectivity index (χ4v) is 2.41. The van der Waals surface area contributed by atoms with Crippen LogP contribution >= 0.6 is 23.4 Å². The normalized spacial score (nSPS) is 10.7. The molecule has 0 aromatic heterocycles. The monoisotopic (exact) mass is 287 g/mol. The molecule has 0 heterocycles. The predicted molar refractivity (Wildman–Crippen MR) is 76.2 cm³/mol. The van der Waals surface area contributed by atoms with Crippen molar-refractivity contribution in [2.45, 2.75) is 31.3 Å². The highest BCUT2D eigenvalue weighted by Crippen LogP contribution is 2.28. The molecule has 1 aromatic rings. The minimum Gasteiger partial charge on any atom is -0.468 e. The van der Waals surface area contributed by atoms with Gasteiger partial charge in [0, 0.05) is 17.5 Å². The lowest BCUT2D eigenvalue weighted by Gasteiger charge is -2.10. The van der Waals surface area contributed by atoms with Crippen molar-refractivity contribution in [3.05, 3.63) is 28.8 Å². The van der Waals surface area contributed by atoms with Crippen LogP contribution in [0.25, 0.3) is 0 Å². The smallest absolute Gasteiger partial charge is 0.315 e. The number of nitrogens with one attached hydrogen (secondary N) is 1. The van der Waals surface area contributed by atoms with Crippen LogP contribution in [0.3, 0.4) is 0 Å². The van der Waals surface area contributed by atoms with Gasteiger partial charge in [0.05, 0.1) is 17.9 Å². The first kappa shape index (κ1) is 15.3. The molecule has 0 aliphatic carbocycles. The molecule has 0 saturated carbocycles. The molecule has 0 fully saturated rings. The van der Waals surface area contributed by atoms with Crippen molar-refractivity contribution in [2.24, 2.45) is 0 Å². The van der Waals surface area contributed by atoms with Crippen molar-refractivity contribution in [3.8, 4) is 0 Å². The fraction of sp³-hybridized carbons (Fsp3) is 0.462. The van der Waals surface area contributed by atoms with E-state index < -0.39 is 0 Å². The Morgan fingerprint density at radius 2 is 2.22 bits per heavy atom. The highest BCUT2D eigenvalue weighted by molar-refractivity contribution is 8.00. The minimum atomic E-state index is -0.249. The Balaban J connectivity index is 2.59. The maximum Gasteiger partial charge on any atom is 0.315 e. The van der Waals surface area contributed by atoms with E-state index in [4.69, 9.17) is 11.6 Å². The molecule has 1 rings (SSSR count). The van der Waals surface area contributed by atoms with Crippen molar-refractivity contribution in [1.82, 2.24) is 5.32 Å². The van der Waals surface area contributed by atoms with Gasteiger partial charge in [0.25, 0.3) is 0 Å². The molecule has 0 unspecified atom stereocenters. The van der Waals surface area contributed by atoms with E-state index in [1.54, 1.807) is 0 Å². The number of esters is 1. The summed E-state index contributed by atoms with van der Waals surface area (Å²) in [5, 5.41) is 4.00. The highest BCUT2D eigenvalue weighted by atomic mass is 35.5. The maximum absolute atomic E-state index is 11.0. The molecule has 0 aliphatic heterocycles. The van der Waals surface area contributed by atoms with Gasteiger partial charge in [-0.3, -0.25) is 4.79 Å². The van der Waals surface area contributed by atoms with Crippen LogP contribution in [0.1, 0.15) is 19.4 Å². The Bertz CT molecular complexity index is 410. The van der Waals surface area contributed by atoms with Gasteiger partial charge in [0.15, 0.2) is 0 Å². The number of hydrogen-bond donors (Lipinski definition) is 1. The number of halogens is 1. The predicted octanol–water partition coefficient (Wildman–Crippen LogP) is 3.10. The standard InChI is InChI=1S/C13H18ClNO2S/c1-9(2)15-7-10-4-5-12(11(14)6-10)18-8-13(16)17-3/h4-6,9,15H,7-8H2,1-3H3. The first-order valence-corrected chi connectivity index (χ1v) is 7.10. The Morgan fingerprint density at radius 1 is 1.50 bits per heavy atom. The Morgan fingerprint density at radius 3 is 2.78 bits per heavy atom. The third-order valence-corrected chi connectivity index (χ3v) is 3.76. The van der Waals surface area contributed by atoms with Crippen molar-refractivity contribution in [2.75, 3.05) is 12.9 Å². The lowest BCUT2D eigenvalue weighted by Crippen LogP contribution is -2.21. The van der Waals surface area contributed by atoms with Crippen molar-refractivity contribution >= 4 is 29.3 Å². The van der Waals surface area contributed by atoms with Crippen LogP contribution in [-0.4, -0.2) is 24.9 Å². The summed E-state index contributed by atoms with van der Waals surface area (Å²) in [5.41, 5.74) is 1.14. The van der Waals surface area contributed by atoms with E-state index in [1.165, 1.54) is 18.9 Å². The van der Waals surface area contributed by atoms with Crippen LogP contribution in [0, 0.1) is 0 Å². The van der Waals surface area contributed by atoms with Crippen LogP contribution in [0.15, 0.2) is 23.1 Å². The number of thioether (sulfide) groups is 1. The van der Waals surface area contributed by atoms with Gasteiger partial charge in [-0.05, 0) is 17.7 Å². The first-order valence-electron chi connectivity index (χ1n) is 5.74. The van der Waals surface area contributed by atoms with E-state index in [1.807, 2.05) is 18.2 Å². The molecule has 0 saturated heterocycles. The molecule has 0 bridgehead atoms. The quantitative estimate of drug-likeness (QED) is 0.644. The van der Waals surface area contributed by atoms with Crippen LogP contribution in [0.2, 0.25) is 5.02 Å². The number of ether oxygens (including phenoxy) is 1. The van der Waals surface area contributed by atoms with Crippen LogP contribution in [-0.2, 0) is 16.1 Å². The molecule has 100 valence electrons. The van der Waals surface area contributed by atoms with Crippen molar-refractivity contribution in [1.29, 1.82) is 0 Å². The average Bonchev–Trinajstić information content (AvgIpc) is 2.34. The number of methoxy groups -OCH3 is 1. The van der Waals surface area contributed by atoms with Crippen molar-refractivity contribution < 1.29 is 9.53 Å². The Labute approximate surface area is 117 Å². The largest absolute Gasteiger partial charge is 0.468 e. The third kappa shape index (κ3) is 5.29. The van der Waals surface area contributed by atoms with Crippen molar-refractivity contribution in [3.63, 3.8) is 0 Å². The summed E-state index contributed by atoms with van der Waals surface area (Å²) >= 11 is 7.56. The molecule has 3 nitrogen and oxygen atoms in total. The number of hydrogen-bond acceptors (Lipinski definition) is 4. The lowest BCUT2D eigenvalue weighted by molar-refractivity contribution is -0.137. The molecule has 0 amide bonds. The van der Waals surface area contributed by atoms with Gasteiger partial charge in [0.2, 0.25) is 0 Å². The van der Waals surface area contributed by atoms with Gasteiger partial charge >= 0.3 is 5.97 Å².